The first-order chi connectivity index (χ1) is 25.7. The zero-order valence-electron chi connectivity index (χ0n) is 33.1. The number of hydrogen-bond acceptors (Lipinski definition) is 8. The highest BCUT2D eigenvalue weighted by molar-refractivity contribution is 7.47. The molecule has 0 rings (SSSR count). The first-order valence-electron chi connectivity index (χ1n) is 20.3. The van der Waals surface area contributed by atoms with Gasteiger partial charge in [-0.3, -0.25) is 18.6 Å². The third-order valence-electron chi connectivity index (χ3n) is 8.31. The quantitative estimate of drug-likeness (QED) is 0.0239. The number of hydrogen-bond donors (Lipinski definition) is 3. The van der Waals surface area contributed by atoms with Gasteiger partial charge < -0.3 is 25.2 Å². The van der Waals surface area contributed by atoms with Crippen LogP contribution in [-0.2, 0) is 32.7 Å². The molecule has 0 aromatic heterocycles. The van der Waals surface area contributed by atoms with Gasteiger partial charge in [0.15, 0.2) is 0 Å². The lowest BCUT2D eigenvalue weighted by atomic mass is 10.1. The molecular formula is C42H74NO9P. The zero-order chi connectivity index (χ0) is 39.1. The third-order valence-corrected chi connectivity index (χ3v) is 9.26. The second kappa shape index (κ2) is 38.0. The van der Waals surface area contributed by atoms with Crippen LogP contribution in [0, 0.1) is 0 Å². The maximum absolute atomic E-state index is 12.5. The molecule has 0 heterocycles. The van der Waals surface area contributed by atoms with E-state index in [0.717, 1.165) is 77.0 Å². The Hall–Kier alpha value is -2.33. The van der Waals surface area contributed by atoms with Crippen molar-refractivity contribution >= 4 is 19.8 Å². The first kappa shape index (κ1) is 50.7. The predicted octanol–water partition coefficient (Wildman–Crippen LogP) is 10.9. The molecule has 4 N–H and O–H groups in total. The number of nitrogens with two attached hydrogens (primary N) is 1. The minimum atomic E-state index is -4.61. The van der Waals surface area contributed by atoms with Crippen molar-refractivity contribution in [3.8, 4) is 0 Å². The molecule has 306 valence electrons. The second-order valence-corrected chi connectivity index (χ2v) is 14.8. The van der Waals surface area contributed by atoms with Gasteiger partial charge in [-0.25, -0.2) is 4.57 Å². The average Bonchev–Trinajstić information content (AvgIpc) is 3.13. The Bertz CT molecular complexity index is 1070. The maximum Gasteiger partial charge on any atom is 0.472 e. The molecule has 0 spiro atoms. The van der Waals surface area contributed by atoms with E-state index in [-0.39, 0.29) is 13.0 Å². The molecule has 10 nitrogen and oxygen atoms in total. The number of esters is 1. The fourth-order valence-electron chi connectivity index (χ4n) is 5.16. The maximum atomic E-state index is 12.5. The van der Waals surface area contributed by atoms with Gasteiger partial charge in [-0.15, -0.1) is 0 Å². The standard InChI is InChI=1S/C42H74NO9P/c1-3-5-7-9-11-12-13-14-15-16-17-18-19-20-21-22-23-24-25-26-27-29-31-33-35-49-36-39(37-50-53(47,48)51-38-40(43)42(45)46)52-41(44)34-32-30-28-10-8-6-4-2/h5,7,11-12,14-15,17-18,20-21,39-40H,3-4,6,8-10,13,16,19,22-38,43H2,1-2H3,(H,45,46)(H,47,48)/b7-5-,12-11-,15-14-,18-17-,21-20-. The number of phosphoric ester groups is 1. The van der Waals surface area contributed by atoms with Crippen molar-refractivity contribution in [1.29, 1.82) is 0 Å². The van der Waals surface area contributed by atoms with Crippen molar-refractivity contribution in [1.82, 2.24) is 0 Å². The molecule has 0 aliphatic carbocycles. The highest BCUT2D eigenvalue weighted by Crippen LogP contribution is 2.43. The second-order valence-electron chi connectivity index (χ2n) is 13.4. The van der Waals surface area contributed by atoms with Gasteiger partial charge in [0.05, 0.1) is 19.8 Å². The lowest BCUT2D eigenvalue weighted by Gasteiger charge is -2.20. The van der Waals surface area contributed by atoms with Crippen LogP contribution in [0.5, 0.6) is 0 Å². The van der Waals surface area contributed by atoms with E-state index in [1.165, 1.54) is 51.4 Å². The van der Waals surface area contributed by atoms with Crippen LogP contribution in [0.1, 0.15) is 155 Å². The molecule has 0 saturated heterocycles. The van der Waals surface area contributed by atoms with Gasteiger partial charge in [0.1, 0.15) is 12.1 Å². The Labute approximate surface area is 322 Å². The monoisotopic (exact) mass is 768 g/mol. The summed E-state index contributed by atoms with van der Waals surface area (Å²) in [5.74, 6) is -1.79. The molecule has 0 fully saturated rings. The molecule has 0 radical (unpaired) electrons. The largest absolute Gasteiger partial charge is 0.480 e. The van der Waals surface area contributed by atoms with Crippen molar-refractivity contribution < 1.29 is 42.7 Å². The van der Waals surface area contributed by atoms with Gasteiger partial charge in [-0.05, 0) is 57.8 Å². The van der Waals surface area contributed by atoms with E-state index >= 15 is 0 Å². The van der Waals surface area contributed by atoms with Crippen molar-refractivity contribution in [2.75, 3.05) is 26.4 Å². The Morgan fingerprint density at radius 2 is 1.09 bits per heavy atom. The Balaban J connectivity index is 4.10. The molecule has 53 heavy (non-hydrogen) atoms. The fourth-order valence-corrected chi connectivity index (χ4v) is 5.94. The average molecular weight is 768 g/mol. The van der Waals surface area contributed by atoms with Gasteiger partial charge >= 0.3 is 19.8 Å². The van der Waals surface area contributed by atoms with E-state index < -0.39 is 45.1 Å². The number of rotatable bonds is 38. The Kier molecular flexibility index (Phi) is 36.3. The summed E-state index contributed by atoms with van der Waals surface area (Å²) >= 11 is 0. The Morgan fingerprint density at radius 1 is 0.623 bits per heavy atom. The molecule has 0 aliphatic rings. The molecular weight excluding hydrogens is 693 g/mol. The van der Waals surface area contributed by atoms with Gasteiger partial charge in [0.25, 0.3) is 0 Å². The summed E-state index contributed by atoms with van der Waals surface area (Å²) in [4.78, 5) is 33.3. The van der Waals surface area contributed by atoms with Gasteiger partial charge in [-0.2, -0.15) is 0 Å². The molecule has 0 amide bonds. The molecule has 0 saturated carbocycles. The van der Waals surface area contributed by atoms with E-state index in [4.69, 9.17) is 24.8 Å². The zero-order valence-corrected chi connectivity index (χ0v) is 34.0. The summed E-state index contributed by atoms with van der Waals surface area (Å²) in [6, 6.07) is -1.47. The van der Waals surface area contributed by atoms with Crippen LogP contribution in [0.15, 0.2) is 60.8 Å². The molecule has 3 unspecified atom stereocenters. The molecule has 0 bridgehead atoms. The van der Waals surface area contributed by atoms with Crippen molar-refractivity contribution in [3.05, 3.63) is 60.8 Å². The highest BCUT2D eigenvalue weighted by atomic mass is 31.2. The number of unbranched alkanes of at least 4 members (excludes halogenated alkanes) is 14. The number of aliphatic carboxylic acids is 1. The van der Waals surface area contributed by atoms with Gasteiger partial charge in [0, 0.05) is 13.0 Å². The topological polar surface area (TPSA) is 155 Å². The summed E-state index contributed by atoms with van der Waals surface area (Å²) in [7, 11) is -4.61. The molecule has 0 aliphatic heterocycles. The number of carboxylic acids is 1. The number of carbonyl (C=O) groups is 2. The lowest BCUT2D eigenvalue weighted by Crippen LogP contribution is -2.34. The summed E-state index contributed by atoms with van der Waals surface area (Å²) in [6.45, 7) is 3.67. The van der Waals surface area contributed by atoms with Gasteiger partial charge in [-0.1, -0.05) is 152 Å². The van der Waals surface area contributed by atoms with Crippen LogP contribution in [0.3, 0.4) is 0 Å². The lowest BCUT2D eigenvalue weighted by molar-refractivity contribution is -0.154. The number of phosphoric acid groups is 1. The third kappa shape index (κ3) is 37.8. The Morgan fingerprint density at radius 3 is 1.64 bits per heavy atom. The van der Waals surface area contributed by atoms with Crippen LogP contribution < -0.4 is 5.73 Å². The van der Waals surface area contributed by atoms with Crippen LogP contribution in [0.25, 0.3) is 0 Å². The summed E-state index contributed by atoms with van der Waals surface area (Å²) < 4.78 is 33.1. The SMILES string of the molecule is CC/C=C\C/C=C\C/C=C\C/C=C\C/C=C\CCCCCCCCCCOCC(COP(=O)(O)OCC(N)C(=O)O)OC(=O)CCCCCCCCC. The summed E-state index contributed by atoms with van der Waals surface area (Å²) in [5, 5.41) is 8.85. The van der Waals surface area contributed by atoms with Crippen LogP contribution >= 0.6 is 7.82 Å². The van der Waals surface area contributed by atoms with E-state index in [1.807, 2.05) is 0 Å². The predicted molar refractivity (Wildman–Crippen MR) is 217 cm³/mol. The smallest absolute Gasteiger partial charge is 0.472 e. The minimum absolute atomic E-state index is 0.00921. The van der Waals surface area contributed by atoms with Crippen molar-refractivity contribution in [2.45, 2.75) is 167 Å². The summed E-state index contributed by atoms with van der Waals surface area (Å²) in [5.41, 5.74) is 5.33. The highest BCUT2D eigenvalue weighted by Gasteiger charge is 2.27. The number of carbonyl (C=O) groups excluding carboxylic acids is 1. The first-order valence-corrected chi connectivity index (χ1v) is 21.8. The van der Waals surface area contributed by atoms with E-state index in [0.29, 0.717) is 13.0 Å². The van der Waals surface area contributed by atoms with E-state index in [1.54, 1.807) is 0 Å². The van der Waals surface area contributed by atoms with E-state index in [2.05, 4.69) is 79.1 Å². The van der Waals surface area contributed by atoms with Crippen molar-refractivity contribution in [3.63, 3.8) is 0 Å². The van der Waals surface area contributed by atoms with Crippen LogP contribution in [0.2, 0.25) is 0 Å². The molecule has 11 heteroatoms. The molecule has 3 atom stereocenters. The van der Waals surface area contributed by atoms with Crippen LogP contribution in [-0.4, -0.2) is 60.5 Å². The fraction of sp³-hybridized carbons (Fsp3) is 0.714. The van der Waals surface area contributed by atoms with Gasteiger partial charge in [0.2, 0.25) is 0 Å². The minimum Gasteiger partial charge on any atom is -0.480 e. The molecule has 0 aromatic carbocycles. The van der Waals surface area contributed by atoms with Crippen molar-refractivity contribution in [2.24, 2.45) is 5.73 Å². The number of carboxylic acid groups (broad SMARTS) is 1. The molecule has 0 aromatic rings. The van der Waals surface area contributed by atoms with Crippen LogP contribution in [0.4, 0.5) is 0 Å². The number of ether oxygens (including phenoxy) is 2. The van der Waals surface area contributed by atoms with E-state index in [9.17, 15) is 19.0 Å². The number of allylic oxidation sites excluding steroid dienone is 10. The summed E-state index contributed by atoms with van der Waals surface area (Å²) in [6.07, 6.45) is 44.4. The normalized spacial score (nSPS) is 14.6.